The van der Waals surface area contributed by atoms with E-state index in [1.54, 1.807) is 12.1 Å². The smallest absolute Gasteiger partial charge is 0.261 e. The molecule has 0 atom stereocenters. The van der Waals surface area contributed by atoms with Crippen LogP contribution < -0.4 is 5.32 Å². The number of nitrogens with zero attached hydrogens (tertiary/aromatic N) is 4. The molecule has 3 amide bonds. The Labute approximate surface area is 190 Å². The van der Waals surface area contributed by atoms with Crippen molar-refractivity contribution in [2.24, 2.45) is 0 Å². The summed E-state index contributed by atoms with van der Waals surface area (Å²) in [6.07, 6.45) is 0.910. The second-order valence-electron chi connectivity index (χ2n) is 7.59. The van der Waals surface area contributed by atoms with Crippen LogP contribution in [0.25, 0.3) is 11.4 Å². The van der Waals surface area contributed by atoms with E-state index in [9.17, 15) is 14.4 Å². The van der Waals surface area contributed by atoms with Gasteiger partial charge in [0.25, 0.3) is 11.8 Å². The van der Waals surface area contributed by atoms with Crippen LogP contribution in [-0.2, 0) is 11.3 Å². The minimum atomic E-state index is -0.369. The minimum Gasteiger partial charge on any atom is -0.325 e. The molecule has 0 unspecified atom stereocenters. The monoisotopic (exact) mass is 449 g/mol. The third kappa shape index (κ3) is 4.16. The number of amides is 3. The first-order chi connectivity index (χ1) is 15.4. The Morgan fingerprint density at radius 3 is 2.59 bits per heavy atom. The van der Waals surface area contributed by atoms with Gasteiger partial charge in [-0.05, 0) is 37.6 Å². The van der Waals surface area contributed by atoms with E-state index in [-0.39, 0.29) is 23.5 Å². The van der Waals surface area contributed by atoms with Crippen molar-refractivity contribution in [3.05, 3.63) is 59.2 Å². The third-order valence-electron chi connectivity index (χ3n) is 5.15. The van der Waals surface area contributed by atoms with Crippen LogP contribution in [0.3, 0.4) is 0 Å². The van der Waals surface area contributed by atoms with E-state index >= 15 is 0 Å². The molecule has 4 rings (SSSR count). The number of rotatable bonds is 7. The SMILES string of the molecule is CCCn1c(SCC(=O)Nc2ccc3c(c2)C(=O)N(C)C3=O)nnc1-c1cccc(C)c1. The summed E-state index contributed by atoms with van der Waals surface area (Å²) < 4.78 is 2.03. The Hall–Kier alpha value is -3.46. The van der Waals surface area contributed by atoms with Crippen molar-refractivity contribution in [2.75, 3.05) is 18.1 Å². The molecule has 9 heteroatoms. The lowest BCUT2D eigenvalue weighted by Crippen LogP contribution is -2.24. The number of imide groups is 1. The zero-order chi connectivity index (χ0) is 22.8. The molecular weight excluding hydrogens is 426 g/mol. The van der Waals surface area contributed by atoms with E-state index in [1.165, 1.54) is 24.9 Å². The summed E-state index contributed by atoms with van der Waals surface area (Å²) >= 11 is 1.31. The van der Waals surface area contributed by atoms with Crippen LogP contribution in [0.1, 0.15) is 39.6 Å². The van der Waals surface area contributed by atoms with E-state index in [0.717, 1.165) is 34.8 Å². The lowest BCUT2D eigenvalue weighted by atomic mass is 10.1. The van der Waals surface area contributed by atoms with Crippen molar-refractivity contribution in [3.63, 3.8) is 0 Å². The first-order valence-corrected chi connectivity index (χ1v) is 11.3. The van der Waals surface area contributed by atoms with Crippen LogP contribution in [0.5, 0.6) is 0 Å². The predicted molar refractivity (Wildman–Crippen MR) is 123 cm³/mol. The van der Waals surface area contributed by atoms with Crippen molar-refractivity contribution in [2.45, 2.75) is 32.0 Å². The molecule has 32 heavy (non-hydrogen) atoms. The number of aryl methyl sites for hydroxylation is 1. The van der Waals surface area contributed by atoms with Gasteiger partial charge in [-0.25, -0.2) is 0 Å². The van der Waals surface area contributed by atoms with Crippen LogP contribution in [0.2, 0.25) is 0 Å². The molecule has 0 spiro atoms. The van der Waals surface area contributed by atoms with Gasteiger partial charge in [-0.1, -0.05) is 42.4 Å². The number of carbonyl (C=O) groups excluding carboxylic acids is 3. The topological polar surface area (TPSA) is 97.2 Å². The van der Waals surface area contributed by atoms with E-state index in [4.69, 9.17) is 0 Å². The minimum absolute atomic E-state index is 0.138. The molecule has 164 valence electrons. The number of thioether (sulfide) groups is 1. The summed E-state index contributed by atoms with van der Waals surface area (Å²) in [4.78, 5) is 37.8. The molecule has 1 aliphatic rings. The number of benzene rings is 2. The largest absolute Gasteiger partial charge is 0.325 e. The molecule has 1 N–H and O–H groups in total. The molecule has 0 aliphatic carbocycles. The first-order valence-electron chi connectivity index (χ1n) is 10.3. The lowest BCUT2D eigenvalue weighted by molar-refractivity contribution is -0.113. The summed E-state index contributed by atoms with van der Waals surface area (Å²) in [6, 6.07) is 12.8. The summed E-state index contributed by atoms with van der Waals surface area (Å²) in [5.41, 5.74) is 3.25. The molecule has 0 bridgehead atoms. The molecule has 1 aromatic heterocycles. The van der Waals surface area contributed by atoms with Crippen LogP contribution in [0.15, 0.2) is 47.6 Å². The van der Waals surface area contributed by atoms with Gasteiger partial charge in [-0.2, -0.15) is 0 Å². The maximum atomic E-state index is 12.5. The zero-order valence-electron chi connectivity index (χ0n) is 18.1. The van der Waals surface area contributed by atoms with E-state index in [1.807, 2.05) is 29.7 Å². The second-order valence-corrected chi connectivity index (χ2v) is 8.54. The fourth-order valence-corrected chi connectivity index (χ4v) is 4.35. The number of aromatic nitrogens is 3. The molecule has 2 aromatic carbocycles. The van der Waals surface area contributed by atoms with Gasteiger partial charge in [-0.15, -0.1) is 10.2 Å². The van der Waals surface area contributed by atoms with E-state index in [0.29, 0.717) is 22.0 Å². The number of hydrogen-bond donors (Lipinski definition) is 1. The maximum absolute atomic E-state index is 12.5. The Morgan fingerprint density at radius 1 is 1.06 bits per heavy atom. The highest BCUT2D eigenvalue weighted by atomic mass is 32.2. The summed E-state index contributed by atoms with van der Waals surface area (Å²) in [6.45, 7) is 4.86. The van der Waals surface area contributed by atoms with Gasteiger partial charge in [0.2, 0.25) is 5.91 Å². The van der Waals surface area contributed by atoms with Crippen LogP contribution in [0.4, 0.5) is 5.69 Å². The van der Waals surface area contributed by atoms with Gasteiger partial charge in [0.1, 0.15) is 0 Å². The molecule has 0 saturated heterocycles. The molecule has 0 fully saturated rings. The van der Waals surface area contributed by atoms with Crippen LogP contribution in [-0.4, -0.2) is 50.2 Å². The van der Waals surface area contributed by atoms with Crippen molar-refractivity contribution in [1.29, 1.82) is 0 Å². The lowest BCUT2D eigenvalue weighted by Gasteiger charge is -2.10. The van der Waals surface area contributed by atoms with Gasteiger partial charge < -0.3 is 9.88 Å². The number of nitrogens with one attached hydrogen (secondary N) is 1. The molecule has 8 nitrogen and oxygen atoms in total. The van der Waals surface area contributed by atoms with Gasteiger partial charge in [0.05, 0.1) is 16.9 Å². The molecule has 3 aromatic rings. The Bertz CT molecular complexity index is 1220. The Morgan fingerprint density at radius 2 is 1.84 bits per heavy atom. The fraction of sp³-hybridized carbons (Fsp3) is 0.261. The van der Waals surface area contributed by atoms with Gasteiger partial charge in [-0.3, -0.25) is 19.3 Å². The summed E-state index contributed by atoms with van der Waals surface area (Å²) in [5.74, 6) is -0.0166. The standard InChI is InChI=1S/C23H23N5O3S/c1-4-10-28-20(15-7-5-6-14(2)11-15)25-26-23(28)32-13-19(29)24-16-8-9-17-18(12-16)22(31)27(3)21(17)30/h5-9,11-12H,4,10,13H2,1-3H3,(H,24,29). The highest BCUT2D eigenvalue weighted by Gasteiger charge is 2.32. The molecule has 0 saturated carbocycles. The van der Waals surface area contributed by atoms with Crippen LogP contribution in [0, 0.1) is 6.92 Å². The van der Waals surface area contributed by atoms with Crippen molar-refractivity contribution in [1.82, 2.24) is 19.7 Å². The van der Waals surface area contributed by atoms with Crippen molar-refractivity contribution in [3.8, 4) is 11.4 Å². The predicted octanol–water partition coefficient (Wildman–Crippen LogP) is 3.62. The third-order valence-corrected chi connectivity index (χ3v) is 6.11. The zero-order valence-corrected chi connectivity index (χ0v) is 18.9. The maximum Gasteiger partial charge on any atom is 0.261 e. The normalized spacial score (nSPS) is 12.9. The fourth-order valence-electron chi connectivity index (χ4n) is 3.58. The van der Waals surface area contributed by atoms with Crippen molar-refractivity contribution >= 4 is 35.2 Å². The average molecular weight is 450 g/mol. The van der Waals surface area contributed by atoms with Gasteiger partial charge in [0.15, 0.2) is 11.0 Å². The van der Waals surface area contributed by atoms with Crippen molar-refractivity contribution < 1.29 is 14.4 Å². The number of hydrogen-bond acceptors (Lipinski definition) is 6. The van der Waals surface area contributed by atoms with E-state index < -0.39 is 0 Å². The van der Waals surface area contributed by atoms with E-state index in [2.05, 4.69) is 28.5 Å². The quantitative estimate of drug-likeness (QED) is 0.437. The Balaban J connectivity index is 1.46. The number of carbonyl (C=O) groups is 3. The molecular formula is C23H23N5O3S. The van der Waals surface area contributed by atoms with Gasteiger partial charge in [0, 0.05) is 24.8 Å². The molecule has 2 heterocycles. The highest BCUT2D eigenvalue weighted by molar-refractivity contribution is 7.99. The summed E-state index contributed by atoms with van der Waals surface area (Å²) in [7, 11) is 1.44. The Kier molecular flexibility index (Phi) is 6.09. The number of fused-ring (bicyclic) bond motifs is 1. The molecule has 0 radical (unpaired) electrons. The first kappa shape index (κ1) is 21.8. The highest BCUT2D eigenvalue weighted by Crippen LogP contribution is 2.27. The van der Waals surface area contributed by atoms with Crippen LogP contribution >= 0.6 is 11.8 Å². The van der Waals surface area contributed by atoms with Gasteiger partial charge >= 0.3 is 0 Å². The average Bonchev–Trinajstić information content (AvgIpc) is 3.27. The number of anilines is 1. The second kappa shape index (κ2) is 8.96. The molecule has 1 aliphatic heterocycles. The summed E-state index contributed by atoms with van der Waals surface area (Å²) in [5, 5.41) is 12.1.